The largest absolute Gasteiger partial charge is 0.523 e. The lowest BCUT2D eigenvalue weighted by Gasteiger charge is -2.30. The number of carbonyl (C=O) groups is 1. The summed E-state index contributed by atoms with van der Waals surface area (Å²) in [6, 6.07) is 1.79. The van der Waals surface area contributed by atoms with Crippen LogP contribution in [-0.2, 0) is 25.5 Å². The number of carbonyl (C=O) groups excluding carboxylic acids is 1. The van der Waals surface area contributed by atoms with Crippen molar-refractivity contribution in [2.75, 3.05) is 6.54 Å². The van der Waals surface area contributed by atoms with Gasteiger partial charge in [0.1, 0.15) is 11.4 Å². The molecule has 0 N–H and O–H groups in total. The molecule has 0 spiro atoms. The Morgan fingerprint density at radius 2 is 1.84 bits per heavy atom. The van der Waals surface area contributed by atoms with Gasteiger partial charge in [-0.3, -0.25) is 9.08 Å². The molecule has 0 aliphatic carbocycles. The van der Waals surface area contributed by atoms with E-state index >= 15 is 0 Å². The number of ether oxygens (including phenoxy) is 1. The predicted octanol–water partition coefficient (Wildman–Crippen LogP) is 4.62. The molecule has 0 aromatic heterocycles. The minimum absolute atomic E-state index is 0.0704. The number of rotatable bonds is 4. The van der Waals surface area contributed by atoms with Crippen LogP contribution in [0.1, 0.15) is 26.3 Å². The normalized spacial score (nSPS) is 21.9. The first kappa shape index (κ1) is 25.7. The third-order valence-electron chi connectivity index (χ3n) is 4.15. The number of benzene rings is 1. The average molecular weight is 542 g/mol. The summed E-state index contributed by atoms with van der Waals surface area (Å²) in [5.41, 5.74) is -7.40. The molecule has 2 unspecified atom stereocenters. The summed E-state index contributed by atoms with van der Waals surface area (Å²) >= 11 is 2.89. The third-order valence-corrected chi connectivity index (χ3v) is 5.79. The topological polar surface area (TPSA) is 72.9 Å². The van der Waals surface area contributed by atoms with Gasteiger partial charge in [0.25, 0.3) is 5.92 Å². The molecule has 1 fully saturated rings. The van der Waals surface area contributed by atoms with Gasteiger partial charge in [-0.1, -0.05) is 12.1 Å². The number of alkyl halides is 5. The first-order valence-electron chi connectivity index (χ1n) is 8.65. The van der Waals surface area contributed by atoms with Crippen molar-refractivity contribution in [1.29, 1.82) is 0 Å². The maximum absolute atomic E-state index is 14.6. The van der Waals surface area contributed by atoms with Crippen LogP contribution in [0, 0.1) is 5.82 Å². The molecule has 1 aromatic carbocycles. The zero-order valence-electron chi connectivity index (χ0n) is 16.3. The fourth-order valence-electron chi connectivity index (χ4n) is 2.87. The Hall–Kier alpha value is -1.54. The highest BCUT2D eigenvalue weighted by molar-refractivity contribution is 9.10. The summed E-state index contributed by atoms with van der Waals surface area (Å²) in [6.45, 7) is 2.78. The van der Waals surface area contributed by atoms with Gasteiger partial charge < -0.3 is 4.74 Å². The molecule has 31 heavy (non-hydrogen) atoms. The smallest absolute Gasteiger partial charge is 0.444 e. The van der Waals surface area contributed by atoms with Gasteiger partial charge in [0.05, 0.1) is 17.1 Å². The molecule has 176 valence electrons. The summed E-state index contributed by atoms with van der Waals surface area (Å²) in [7, 11) is -6.44. The van der Waals surface area contributed by atoms with Crippen molar-refractivity contribution in [1.82, 2.24) is 4.90 Å². The molecular weight excluding hydrogens is 524 g/mol. The van der Waals surface area contributed by atoms with Crippen molar-refractivity contribution in [2.24, 2.45) is 0 Å². The highest BCUT2D eigenvalue weighted by Crippen LogP contribution is 2.40. The van der Waals surface area contributed by atoms with Crippen LogP contribution in [0.5, 0.6) is 0 Å². The van der Waals surface area contributed by atoms with Crippen LogP contribution >= 0.6 is 15.9 Å². The average Bonchev–Trinajstić information content (AvgIpc) is 2.80. The highest BCUT2D eigenvalue weighted by atomic mass is 79.9. The van der Waals surface area contributed by atoms with Gasteiger partial charge in [0, 0.05) is 0 Å². The second-order valence-corrected chi connectivity index (χ2v) is 10.2. The second-order valence-electron chi connectivity index (χ2n) is 7.77. The summed E-state index contributed by atoms with van der Waals surface area (Å²) in [4.78, 5) is 12.8. The molecule has 0 radical (unpaired) electrons. The summed E-state index contributed by atoms with van der Waals surface area (Å²) < 4.78 is 113. The van der Waals surface area contributed by atoms with E-state index in [2.05, 4.69) is 20.1 Å². The van der Waals surface area contributed by atoms with Crippen LogP contribution in [0.3, 0.4) is 0 Å². The molecule has 1 amide bonds. The van der Waals surface area contributed by atoms with Crippen LogP contribution < -0.4 is 0 Å². The second kappa shape index (κ2) is 8.43. The molecule has 1 aliphatic rings. The van der Waals surface area contributed by atoms with Gasteiger partial charge in [0.15, 0.2) is 6.10 Å². The molecule has 1 heterocycles. The van der Waals surface area contributed by atoms with Crippen LogP contribution in [-0.4, -0.2) is 55.1 Å². The van der Waals surface area contributed by atoms with Crippen molar-refractivity contribution in [3.05, 3.63) is 34.1 Å². The summed E-state index contributed by atoms with van der Waals surface area (Å²) in [5.74, 6) is -5.12. The Morgan fingerprint density at radius 1 is 1.26 bits per heavy atom. The van der Waals surface area contributed by atoms with E-state index in [1.807, 2.05) is 0 Å². The summed E-state index contributed by atoms with van der Waals surface area (Å²) in [6.07, 6.45) is -5.04. The van der Waals surface area contributed by atoms with Gasteiger partial charge in [-0.05, 0) is 54.8 Å². The SMILES string of the molecule is CC(C)(C)OC(=O)N1CC(F)(F)C(OS(=O)(=O)C(F)(F)F)C1Cc1cccc(Br)c1F. The Labute approximate surface area is 182 Å². The zero-order valence-corrected chi connectivity index (χ0v) is 18.7. The van der Waals surface area contributed by atoms with E-state index in [9.17, 15) is 39.6 Å². The molecule has 0 bridgehead atoms. The molecule has 0 saturated carbocycles. The number of amides is 1. The predicted molar refractivity (Wildman–Crippen MR) is 99.3 cm³/mol. The van der Waals surface area contributed by atoms with Gasteiger partial charge in [0.2, 0.25) is 0 Å². The molecule has 1 saturated heterocycles. The molecule has 2 atom stereocenters. The molecule has 14 heteroatoms. The summed E-state index contributed by atoms with van der Waals surface area (Å²) in [5, 5.41) is 0. The van der Waals surface area contributed by atoms with E-state index in [0.717, 1.165) is 6.07 Å². The zero-order chi connectivity index (χ0) is 24.0. The Balaban J connectivity index is 2.51. The molecule has 1 aromatic rings. The molecule has 6 nitrogen and oxygen atoms in total. The van der Waals surface area contributed by atoms with E-state index in [4.69, 9.17) is 4.74 Å². The standard InChI is InChI=1S/C17H18BrF6NO5S/c1-15(2,3)29-14(26)25-8-16(20,21)13(30-31(27,28)17(22,23)24)11(25)7-9-5-4-6-10(18)12(9)19/h4-6,11,13H,7-8H2,1-3H3. The first-order valence-corrected chi connectivity index (χ1v) is 10.9. The van der Waals surface area contributed by atoms with Crippen LogP contribution in [0.25, 0.3) is 0 Å². The van der Waals surface area contributed by atoms with Crippen molar-refractivity contribution in [3.8, 4) is 0 Å². The minimum Gasteiger partial charge on any atom is -0.444 e. The number of hydrogen-bond donors (Lipinski definition) is 0. The van der Waals surface area contributed by atoms with E-state index < -0.39 is 64.2 Å². The Morgan fingerprint density at radius 3 is 2.35 bits per heavy atom. The van der Waals surface area contributed by atoms with Gasteiger partial charge >= 0.3 is 21.7 Å². The van der Waals surface area contributed by atoms with E-state index in [1.54, 1.807) is 0 Å². The number of halogens is 7. The number of hydrogen-bond acceptors (Lipinski definition) is 5. The lowest BCUT2D eigenvalue weighted by Crippen LogP contribution is -2.47. The van der Waals surface area contributed by atoms with Crippen molar-refractivity contribution in [2.45, 2.75) is 56.4 Å². The van der Waals surface area contributed by atoms with E-state index in [-0.39, 0.29) is 10.0 Å². The van der Waals surface area contributed by atoms with Crippen LogP contribution in [0.4, 0.5) is 31.1 Å². The molecule has 2 rings (SSSR count). The van der Waals surface area contributed by atoms with E-state index in [1.165, 1.54) is 32.9 Å². The monoisotopic (exact) mass is 541 g/mol. The third kappa shape index (κ3) is 5.83. The first-order chi connectivity index (χ1) is 13.9. The molecule has 1 aliphatic heterocycles. The van der Waals surface area contributed by atoms with Crippen molar-refractivity contribution >= 4 is 32.1 Å². The maximum atomic E-state index is 14.6. The fourth-order valence-corrected chi connectivity index (χ4v) is 3.93. The lowest BCUT2D eigenvalue weighted by molar-refractivity contribution is -0.0902. The Bertz CT molecular complexity index is 947. The van der Waals surface area contributed by atoms with Gasteiger partial charge in [-0.15, -0.1) is 0 Å². The lowest BCUT2D eigenvalue weighted by atomic mass is 10.0. The van der Waals surface area contributed by atoms with Crippen LogP contribution in [0.2, 0.25) is 0 Å². The van der Waals surface area contributed by atoms with Crippen molar-refractivity contribution < 1.29 is 48.5 Å². The fraction of sp³-hybridized carbons (Fsp3) is 0.588. The number of likely N-dealkylation sites (tertiary alicyclic amines) is 1. The molecular formula is C17H18BrF6NO5S. The highest BCUT2D eigenvalue weighted by Gasteiger charge is 2.62. The van der Waals surface area contributed by atoms with Gasteiger partial charge in [-0.2, -0.15) is 21.6 Å². The minimum atomic E-state index is -6.44. The maximum Gasteiger partial charge on any atom is 0.523 e. The number of nitrogens with zero attached hydrogens (tertiary/aromatic N) is 1. The van der Waals surface area contributed by atoms with Crippen molar-refractivity contribution in [3.63, 3.8) is 0 Å². The van der Waals surface area contributed by atoms with E-state index in [0.29, 0.717) is 4.90 Å². The van der Waals surface area contributed by atoms with Crippen LogP contribution in [0.15, 0.2) is 22.7 Å². The Kier molecular flexibility index (Phi) is 6.99. The quantitative estimate of drug-likeness (QED) is 0.316. The van der Waals surface area contributed by atoms with Gasteiger partial charge in [-0.25, -0.2) is 18.0 Å².